The normalized spacial score (nSPS) is 11.6. The summed E-state index contributed by atoms with van der Waals surface area (Å²) in [6.07, 6.45) is 0. The number of amides is 2. The van der Waals surface area contributed by atoms with Crippen LogP contribution in [-0.2, 0) is 4.79 Å². The number of carbonyl (C=O) groups excluding carboxylic acids is 2. The van der Waals surface area contributed by atoms with E-state index in [2.05, 4.69) is 10.6 Å². The van der Waals surface area contributed by atoms with Gasteiger partial charge in [-0.25, -0.2) is 0 Å². The minimum absolute atomic E-state index is 0.0412. The Kier molecular flexibility index (Phi) is 5.16. The average Bonchev–Trinajstić information content (AvgIpc) is 2.34. The Morgan fingerprint density at radius 3 is 2.47 bits per heavy atom. The number of hydrogen-bond acceptors (Lipinski definition) is 3. The van der Waals surface area contributed by atoms with Gasteiger partial charge in [0.1, 0.15) is 0 Å². The molecule has 17 heavy (non-hydrogen) atoms. The first-order valence-corrected chi connectivity index (χ1v) is 5.45. The Morgan fingerprint density at radius 1 is 1.24 bits per heavy atom. The van der Waals surface area contributed by atoms with Crippen molar-refractivity contribution in [2.45, 2.75) is 13.0 Å². The summed E-state index contributed by atoms with van der Waals surface area (Å²) in [7, 11) is 0. The highest BCUT2D eigenvalue weighted by atomic mass is 16.2. The molecule has 4 N–H and O–H groups in total. The molecule has 1 atom stereocenters. The monoisotopic (exact) mass is 235 g/mol. The maximum absolute atomic E-state index is 11.6. The van der Waals surface area contributed by atoms with Gasteiger partial charge < -0.3 is 16.4 Å². The second-order valence-corrected chi connectivity index (χ2v) is 3.83. The molecule has 5 nitrogen and oxygen atoms in total. The molecule has 0 aromatic heterocycles. The molecule has 0 aliphatic heterocycles. The van der Waals surface area contributed by atoms with E-state index < -0.39 is 0 Å². The summed E-state index contributed by atoms with van der Waals surface area (Å²) in [4.78, 5) is 22.9. The van der Waals surface area contributed by atoms with Crippen molar-refractivity contribution in [2.24, 2.45) is 5.73 Å². The number of nitrogens with one attached hydrogen (secondary N) is 2. The van der Waals surface area contributed by atoms with Crippen LogP contribution in [0.5, 0.6) is 0 Å². The fourth-order valence-electron chi connectivity index (χ4n) is 1.19. The van der Waals surface area contributed by atoms with Gasteiger partial charge in [-0.2, -0.15) is 0 Å². The predicted octanol–water partition coefficient (Wildman–Crippen LogP) is -0.120. The van der Waals surface area contributed by atoms with Crippen LogP contribution in [0.1, 0.15) is 17.3 Å². The van der Waals surface area contributed by atoms with Gasteiger partial charge in [-0.1, -0.05) is 18.2 Å². The third kappa shape index (κ3) is 5.12. The molecule has 1 unspecified atom stereocenters. The van der Waals surface area contributed by atoms with E-state index in [0.717, 1.165) is 0 Å². The van der Waals surface area contributed by atoms with Gasteiger partial charge in [-0.05, 0) is 19.1 Å². The molecule has 1 aromatic rings. The third-order valence-corrected chi connectivity index (χ3v) is 2.07. The first-order valence-electron chi connectivity index (χ1n) is 5.45. The van der Waals surface area contributed by atoms with E-state index in [9.17, 15) is 9.59 Å². The SMILES string of the molecule is CC(N)CNC(=O)CNC(=O)c1ccccc1. The van der Waals surface area contributed by atoms with Crippen molar-refractivity contribution >= 4 is 11.8 Å². The van der Waals surface area contributed by atoms with Crippen molar-refractivity contribution in [2.75, 3.05) is 13.1 Å². The Labute approximate surface area is 100 Å². The lowest BCUT2D eigenvalue weighted by Gasteiger charge is -2.08. The topological polar surface area (TPSA) is 84.2 Å². The fraction of sp³-hybridized carbons (Fsp3) is 0.333. The van der Waals surface area contributed by atoms with E-state index in [1.807, 2.05) is 6.07 Å². The van der Waals surface area contributed by atoms with Gasteiger partial charge >= 0.3 is 0 Å². The van der Waals surface area contributed by atoms with E-state index in [1.54, 1.807) is 31.2 Å². The minimum atomic E-state index is -0.262. The molecule has 0 spiro atoms. The zero-order valence-corrected chi connectivity index (χ0v) is 9.77. The Hall–Kier alpha value is -1.88. The molecule has 1 aromatic carbocycles. The molecule has 0 radical (unpaired) electrons. The maximum Gasteiger partial charge on any atom is 0.251 e. The largest absolute Gasteiger partial charge is 0.353 e. The van der Waals surface area contributed by atoms with Crippen LogP contribution in [0.25, 0.3) is 0 Å². The molecule has 0 bridgehead atoms. The highest BCUT2D eigenvalue weighted by molar-refractivity contribution is 5.96. The lowest BCUT2D eigenvalue weighted by Crippen LogP contribution is -2.41. The van der Waals surface area contributed by atoms with Crippen LogP contribution >= 0.6 is 0 Å². The van der Waals surface area contributed by atoms with Crippen LogP contribution in [0.4, 0.5) is 0 Å². The van der Waals surface area contributed by atoms with Crippen LogP contribution in [-0.4, -0.2) is 30.9 Å². The van der Waals surface area contributed by atoms with Gasteiger partial charge in [0.05, 0.1) is 6.54 Å². The van der Waals surface area contributed by atoms with E-state index in [4.69, 9.17) is 5.73 Å². The number of hydrogen-bond donors (Lipinski definition) is 3. The molecule has 5 heteroatoms. The molecule has 2 amide bonds. The first kappa shape index (κ1) is 13.2. The van der Waals surface area contributed by atoms with Crippen LogP contribution in [0.2, 0.25) is 0 Å². The maximum atomic E-state index is 11.6. The van der Waals surface area contributed by atoms with E-state index in [1.165, 1.54) is 0 Å². The summed E-state index contributed by atoms with van der Waals surface area (Å²) in [5.41, 5.74) is 6.02. The number of nitrogens with two attached hydrogens (primary N) is 1. The summed E-state index contributed by atoms with van der Waals surface area (Å²) in [6, 6.07) is 8.65. The summed E-state index contributed by atoms with van der Waals surface area (Å²) >= 11 is 0. The standard InChI is InChI=1S/C12H17N3O2/c1-9(13)7-14-11(16)8-15-12(17)10-5-3-2-4-6-10/h2-6,9H,7-8,13H2,1H3,(H,14,16)(H,15,17). The van der Waals surface area contributed by atoms with Gasteiger partial charge in [0, 0.05) is 18.2 Å². The molecule has 92 valence electrons. The Balaban J connectivity index is 2.31. The molecule has 1 rings (SSSR count). The van der Waals surface area contributed by atoms with Gasteiger partial charge in [0.2, 0.25) is 5.91 Å². The minimum Gasteiger partial charge on any atom is -0.353 e. The van der Waals surface area contributed by atoms with Gasteiger partial charge in [0.25, 0.3) is 5.91 Å². The molecule has 0 fully saturated rings. The fourth-order valence-corrected chi connectivity index (χ4v) is 1.19. The summed E-state index contributed by atoms with van der Waals surface area (Å²) in [6.45, 7) is 2.16. The number of carbonyl (C=O) groups is 2. The van der Waals surface area contributed by atoms with E-state index >= 15 is 0 Å². The molecular weight excluding hydrogens is 218 g/mol. The van der Waals surface area contributed by atoms with Crippen molar-refractivity contribution in [3.63, 3.8) is 0 Å². The molecule has 0 heterocycles. The number of rotatable bonds is 5. The van der Waals surface area contributed by atoms with Crippen molar-refractivity contribution in [1.82, 2.24) is 10.6 Å². The van der Waals surface area contributed by atoms with Gasteiger partial charge in [-0.15, -0.1) is 0 Å². The predicted molar refractivity (Wildman–Crippen MR) is 65.4 cm³/mol. The Morgan fingerprint density at radius 2 is 1.88 bits per heavy atom. The molecule has 0 saturated carbocycles. The number of benzene rings is 1. The van der Waals surface area contributed by atoms with Crippen molar-refractivity contribution in [3.8, 4) is 0 Å². The van der Waals surface area contributed by atoms with Crippen molar-refractivity contribution < 1.29 is 9.59 Å². The molecule has 0 aliphatic rings. The quantitative estimate of drug-likeness (QED) is 0.665. The molecular formula is C12H17N3O2. The van der Waals surface area contributed by atoms with Crippen LogP contribution < -0.4 is 16.4 Å². The van der Waals surface area contributed by atoms with Crippen LogP contribution in [0, 0.1) is 0 Å². The van der Waals surface area contributed by atoms with Crippen molar-refractivity contribution in [3.05, 3.63) is 35.9 Å². The highest BCUT2D eigenvalue weighted by Gasteiger charge is 2.07. The molecule has 0 saturated heterocycles. The second-order valence-electron chi connectivity index (χ2n) is 3.83. The highest BCUT2D eigenvalue weighted by Crippen LogP contribution is 1.96. The zero-order valence-electron chi connectivity index (χ0n) is 9.77. The Bertz CT molecular complexity index is 377. The zero-order chi connectivity index (χ0) is 12.7. The van der Waals surface area contributed by atoms with E-state index in [-0.39, 0.29) is 24.4 Å². The van der Waals surface area contributed by atoms with Gasteiger partial charge in [-0.3, -0.25) is 9.59 Å². The van der Waals surface area contributed by atoms with Crippen LogP contribution in [0.3, 0.4) is 0 Å². The van der Waals surface area contributed by atoms with Gasteiger partial charge in [0.15, 0.2) is 0 Å². The summed E-state index contributed by atoms with van der Waals surface area (Å²) in [5.74, 6) is -0.506. The molecule has 0 aliphatic carbocycles. The third-order valence-electron chi connectivity index (χ3n) is 2.07. The lowest BCUT2D eigenvalue weighted by molar-refractivity contribution is -0.120. The van der Waals surface area contributed by atoms with Crippen LogP contribution in [0.15, 0.2) is 30.3 Å². The summed E-state index contributed by atoms with van der Waals surface area (Å²) in [5, 5.41) is 5.14. The lowest BCUT2D eigenvalue weighted by atomic mass is 10.2. The summed E-state index contributed by atoms with van der Waals surface area (Å²) < 4.78 is 0. The van der Waals surface area contributed by atoms with Crippen molar-refractivity contribution in [1.29, 1.82) is 0 Å². The smallest absolute Gasteiger partial charge is 0.251 e. The second kappa shape index (κ2) is 6.65. The van der Waals surface area contributed by atoms with E-state index in [0.29, 0.717) is 12.1 Å². The first-order chi connectivity index (χ1) is 8.09. The average molecular weight is 235 g/mol.